The van der Waals surface area contributed by atoms with Crippen LogP contribution in [-0.2, 0) is 16.6 Å². The number of ketones is 1. The van der Waals surface area contributed by atoms with Gasteiger partial charge in [0.2, 0.25) is 0 Å². The summed E-state index contributed by atoms with van der Waals surface area (Å²) in [6, 6.07) is 5.76. The number of halogens is 2. The highest BCUT2D eigenvalue weighted by molar-refractivity contribution is 6.18. The molecule has 1 N–H and O–H groups in total. The van der Waals surface area contributed by atoms with Crippen LogP contribution >= 0.6 is 23.2 Å². The summed E-state index contributed by atoms with van der Waals surface area (Å²) in [6.45, 7) is 2.12. The number of likely N-dealkylation sites (tertiary alicyclic amines) is 1. The molecular weight excluding hydrogens is 371 g/mol. The largest absolute Gasteiger partial charge is 0.348 e. The fraction of sp³-hybridized carbons (Fsp3) is 0.600. The molecule has 1 saturated carbocycles. The molecule has 1 aromatic rings. The highest BCUT2D eigenvalue weighted by atomic mass is 35.5. The van der Waals surface area contributed by atoms with E-state index in [-0.39, 0.29) is 18.0 Å². The van der Waals surface area contributed by atoms with Gasteiger partial charge in [-0.05, 0) is 62.0 Å². The lowest BCUT2D eigenvalue weighted by Gasteiger charge is -2.33. The number of carbonyl (C=O) groups is 2. The third-order valence-corrected chi connectivity index (χ3v) is 6.18. The first-order valence-corrected chi connectivity index (χ1v) is 10.5. The Morgan fingerprint density at radius 3 is 2.46 bits per heavy atom. The number of nitrogens with one attached hydrogen (secondary N) is 1. The fourth-order valence-corrected chi connectivity index (χ4v) is 4.61. The Kier molecular flexibility index (Phi) is 6.96. The van der Waals surface area contributed by atoms with E-state index in [0.717, 1.165) is 30.6 Å². The van der Waals surface area contributed by atoms with Crippen LogP contribution in [-0.4, -0.2) is 41.8 Å². The molecule has 26 heavy (non-hydrogen) atoms. The van der Waals surface area contributed by atoms with Gasteiger partial charge < -0.3 is 5.32 Å². The second-order valence-corrected chi connectivity index (χ2v) is 7.79. The number of rotatable bonds is 5. The Balaban J connectivity index is 1.75. The number of benzene rings is 1. The molecule has 1 aromatic carbocycles. The van der Waals surface area contributed by atoms with Gasteiger partial charge in [-0.1, -0.05) is 6.07 Å². The average Bonchev–Trinajstić information content (AvgIpc) is 3.13. The quantitative estimate of drug-likeness (QED) is 0.606. The Hall–Kier alpha value is -1.10. The number of hydrogen-bond donors (Lipinski definition) is 1. The zero-order chi connectivity index (χ0) is 18.5. The van der Waals surface area contributed by atoms with Gasteiger partial charge >= 0.3 is 0 Å². The lowest BCUT2D eigenvalue weighted by molar-refractivity contribution is -0.119. The van der Waals surface area contributed by atoms with Crippen LogP contribution in [0.3, 0.4) is 0 Å². The van der Waals surface area contributed by atoms with E-state index in [1.807, 2.05) is 12.1 Å². The maximum Gasteiger partial charge on any atom is 0.251 e. The van der Waals surface area contributed by atoms with Crippen molar-refractivity contribution < 1.29 is 9.59 Å². The molecule has 0 radical (unpaired) electrons. The van der Waals surface area contributed by atoms with E-state index in [2.05, 4.69) is 10.2 Å². The Morgan fingerprint density at radius 1 is 1.08 bits per heavy atom. The zero-order valence-corrected chi connectivity index (χ0v) is 16.5. The van der Waals surface area contributed by atoms with Crippen LogP contribution < -0.4 is 5.32 Å². The summed E-state index contributed by atoms with van der Waals surface area (Å²) in [5, 5.41) is 3.20. The van der Waals surface area contributed by atoms with Gasteiger partial charge in [0.1, 0.15) is 5.78 Å². The van der Waals surface area contributed by atoms with Crippen molar-refractivity contribution >= 4 is 34.9 Å². The molecule has 1 saturated heterocycles. The first-order valence-electron chi connectivity index (χ1n) is 9.42. The molecule has 2 aliphatic rings. The number of Topliss-reactive ketones (excluding diaryl/α,β-unsaturated/α-hetero) is 1. The van der Waals surface area contributed by atoms with Gasteiger partial charge in [-0.15, -0.1) is 23.2 Å². The van der Waals surface area contributed by atoms with Gasteiger partial charge in [-0.2, -0.15) is 0 Å². The van der Waals surface area contributed by atoms with E-state index in [9.17, 15) is 9.59 Å². The van der Waals surface area contributed by atoms with Crippen molar-refractivity contribution in [3.8, 4) is 0 Å². The summed E-state index contributed by atoms with van der Waals surface area (Å²) >= 11 is 11.9. The molecule has 1 aliphatic carbocycles. The number of amides is 1. The summed E-state index contributed by atoms with van der Waals surface area (Å²) in [5.41, 5.74) is 2.44. The lowest BCUT2D eigenvalue weighted by atomic mass is 10.00. The van der Waals surface area contributed by atoms with Crippen LogP contribution in [0.25, 0.3) is 0 Å². The van der Waals surface area contributed by atoms with Crippen LogP contribution in [0.1, 0.15) is 60.0 Å². The normalized spacial score (nSPS) is 24.5. The molecule has 142 valence electrons. The average molecular weight is 397 g/mol. The van der Waals surface area contributed by atoms with E-state index < -0.39 is 0 Å². The molecule has 2 unspecified atom stereocenters. The standard InChI is InChI=1S/C20H26Cl2N2O2/c21-12-15-4-3-14(11-16(15)13-22)20(26)23-18-7-5-17(25)6-8-19(18)24-9-1-2-10-24/h3-4,11,18-19H,1-2,5-10,12-13H2,(H,23,26). The second-order valence-electron chi connectivity index (χ2n) is 7.26. The van der Waals surface area contributed by atoms with Gasteiger partial charge in [0.05, 0.1) is 0 Å². The first kappa shape index (κ1) is 19.7. The van der Waals surface area contributed by atoms with Crippen molar-refractivity contribution in [1.82, 2.24) is 10.2 Å². The van der Waals surface area contributed by atoms with E-state index >= 15 is 0 Å². The third-order valence-electron chi connectivity index (χ3n) is 5.60. The third kappa shape index (κ3) is 4.59. The predicted molar refractivity (Wildman–Crippen MR) is 105 cm³/mol. The second kappa shape index (κ2) is 9.20. The van der Waals surface area contributed by atoms with Crippen LogP contribution in [0, 0.1) is 0 Å². The van der Waals surface area contributed by atoms with Crippen molar-refractivity contribution in [1.29, 1.82) is 0 Å². The topological polar surface area (TPSA) is 49.4 Å². The van der Waals surface area contributed by atoms with Crippen molar-refractivity contribution in [2.75, 3.05) is 13.1 Å². The molecule has 3 rings (SSSR count). The van der Waals surface area contributed by atoms with Gasteiger partial charge in [-0.3, -0.25) is 14.5 Å². The molecule has 1 aliphatic heterocycles. The fourth-order valence-electron chi connectivity index (χ4n) is 4.10. The number of hydrogen-bond acceptors (Lipinski definition) is 3. The highest BCUT2D eigenvalue weighted by Gasteiger charge is 2.33. The zero-order valence-electron chi connectivity index (χ0n) is 15.0. The molecule has 1 heterocycles. The SMILES string of the molecule is O=C1CCC(NC(=O)c2ccc(CCl)c(CCl)c2)C(N2CCCC2)CC1. The maximum absolute atomic E-state index is 12.8. The Morgan fingerprint density at radius 2 is 1.77 bits per heavy atom. The number of nitrogens with zero attached hydrogens (tertiary/aromatic N) is 1. The van der Waals surface area contributed by atoms with Crippen molar-refractivity contribution in [3.05, 3.63) is 34.9 Å². The molecule has 2 fully saturated rings. The molecule has 0 spiro atoms. The number of carbonyl (C=O) groups excluding carboxylic acids is 2. The van der Waals surface area contributed by atoms with Gasteiger partial charge in [0.15, 0.2) is 0 Å². The summed E-state index contributed by atoms with van der Waals surface area (Å²) in [6.07, 6.45) is 5.12. The molecule has 1 amide bonds. The molecule has 2 atom stereocenters. The van der Waals surface area contributed by atoms with E-state index in [4.69, 9.17) is 23.2 Å². The molecular formula is C20H26Cl2N2O2. The predicted octanol–water partition coefficient (Wildman–Crippen LogP) is 3.87. The van der Waals surface area contributed by atoms with Crippen LogP contribution in [0.5, 0.6) is 0 Å². The van der Waals surface area contributed by atoms with E-state index in [1.54, 1.807) is 6.07 Å². The summed E-state index contributed by atoms with van der Waals surface area (Å²) in [4.78, 5) is 27.2. The van der Waals surface area contributed by atoms with Crippen molar-refractivity contribution in [2.24, 2.45) is 0 Å². The molecule has 4 nitrogen and oxygen atoms in total. The Bertz CT molecular complexity index is 659. The monoisotopic (exact) mass is 396 g/mol. The van der Waals surface area contributed by atoms with E-state index in [0.29, 0.717) is 42.4 Å². The smallest absolute Gasteiger partial charge is 0.251 e. The summed E-state index contributed by atoms with van der Waals surface area (Å²) in [5.74, 6) is 0.923. The van der Waals surface area contributed by atoms with Gasteiger partial charge in [0, 0.05) is 42.2 Å². The van der Waals surface area contributed by atoms with Gasteiger partial charge in [-0.25, -0.2) is 0 Å². The Labute approximate surface area is 165 Å². The number of alkyl halides is 2. The van der Waals surface area contributed by atoms with Crippen molar-refractivity contribution in [2.45, 2.75) is 62.4 Å². The van der Waals surface area contributed by atoms with Crippen molar-refractivity contribution in [3.63, 3.8) is 0 Å². The van der Waals surface area contributed by atoms with Gasteiger partial charge in [0.25, 0.3) is 5.91 Å². The maximum atomic E-state index is 12.8. The lowest BCUT2D eigenvalue weighted by Crippen LogP contribution is -2.50. The minimum atomic E-state index is -0.0963. The van der Waals surface area contributed by atoms with Crippen LogP contribution in [0.15, 0.2) is 18.2 Å². The highest BCUT2D eigenvalue weighted by Crippen LogP contribution is 2.25. The van der Waals surface area contributed by atoms with Crippen LogP contribution in [0.2, 0.25) is 0 Å². The first-order chi connectivity index (χ1) is 12.6. The van der Waals surface area contributed by atoms with Crippen LogP contribution in [0.4, 0.5) is 0 Å². The minimum Gasteiger partial charge on any atom is -0.348 e. The molecule has 0 bridgehead atoms. The summed E-state index contributed by atoms with van der Waals surface area (Å²) < 4.78 is 0. The molecule has 0 aromatic heterocycles. The molecule has 6 heteroatoms. The van der Waals surface area contributed by atoms with E-state index in [1.165, 1.54) is 12.8 Å². The minimum absolute atomic E-state index is 0.0132. The summed E-state index contributed by atoms with van der Waals surface area (Å²) in [7, 11) is 0.